The van der Waals surface area contributed by atoms with E-state index in [0.29, 0.717) is 24.7 Å². The number of pyridine rings is 4. The number of urea groups is 2. The fraction of sp³-hybridized carbons (Fsp3) is 0.273. The van der Waals surface area contributed by atoms with Crippen molar-refractivity contribution in [3.8, 4) is 0 Å². The highest BCUT2D eigenvalue weighted by Crippen LogP contribution is 2.40. The standard InChI is InChI=1S/C17H16FN5O3.C16H14FN5O3.2H2S/c1-26-16(24)12-3-4-13-15(20-12)23(11-6-7-22(13)9-11)17(25)21-14-5-2-10(18)8-19-14;17-9-1-4-13(18-7-9)20-16(25)22-10-5-6-21(8-10)12-3-2-11(15(23)24)19-14(12)22;;/h2-5,8,11H,6-7,9H2,1H3,(H,19,21,25);1-4,7,10H,5-6,8H2,(H,23,24)(H,18,20,25);2*1H2/t11-;10-;;/m00../s1. The minimum atomic E-state index is -1.16. The molecule has 8 heterocycles. The molecule has 4 aliphatic heterocycles. The maximum atomic E-state index is 13.0. The van der Waals surface area contributed by atoms with E-state index in [2.05, 4.69) is 40.4 Å². The van der Waals surface area contributed by atoms with Crippen LogP contribution in [0.3, 0.4) is 0 Å². The Balaban J connectivity index is 0.000000197. The lowest BCUT2D eigenvalue weighted by Crippen LogP contribution is -2.48. The van der Waals surface area contributed by atoms with Crippen LogP contribution in [0.2, 0.25) is 0 Å². The lowest BCUT2D eigenvalue weighted by Gasteiger charge is -2.35. The smallest absolute Gasteiger partial charge is 0.356 e. The van der Waals surface area contributed by atoms with E-state index in [1.54, 1.807) is 18.2 Å². The van der Waals surface area contributed by atoms with Crippen LogP contribution < -0.4 is 30.2 Å². The minimum Gasteiger partial charge on any atom is -0.477 e. The molecule has 20 heteroatoms. The van der Waals surface area contributed by atoms with Gasteiger partial charge in [-0.2, -0.15) is 27.0 Å². The van der Waals surface area contributed by atoms with Crippen LogP contribution in [0.15, 0.2) is 60.9 Å². The van der Waals surface area contributed by atoms with E-state index in [0.717, 1.165) is 49.7 Å². The number of carboxylic acids is 1. The first kappa shape index (κ1) is 38.5. The molecule has 4 aromatic heterocycles. The number of hydrogen-bond acceptors (Lipinski definition) is 11. The van der Waals surface area contributed by atoms with Crippen LogP contribution >= 0.6 is 27.0 Å². The summed E-state index contributed by atoms with van der Waals surface area (Å²) in [6, 6.07) is 10.6. The second-order valence-corrected chi connectivity index (χ2v) is 12.0. The van der Waals surface area contributed by atoms with Crippen molar-refractivity contribution in [1.82, 2.24) is 19.9 Å². The highest BCUT2D eigenvalue weighted by molar-refractivity contribution is 7.59. The van der Waals surface area contributed by atoms with Crippen molar-refractivity contribution < 1.29 is 37.8 Å². The highest BCUT2D eigenvalue weighted by Gasteiger charge is 2.42. The molecule has 0 spiro atoms. The molecule has 53 heavy (non-hydrogen) atoms. The maximum Gasteiger partial charge on any atom is 0.356 e. The van der Waals surface area contributed by atoms with Crippen LogP contribution in [-0.4, -0.2) is 94.4 Å². The van der Waals surface area contributed by atoms with Crippen LogP contribution in [0.4, 0.5) is 53.0 Å². The van der Waals surface area contributed by atoms with Crippen LogP contribution in [-0.2, 0) is 4.74 Å². The third-order valence-electron chi connectivity index (χ3n) is 8.88. The van der Waals surface area contributed by atoms with Crippen LogP contribution in [0.1, 0.15) is 33.8 Å². The lowest BCUT2D eigenvalue weighted by molar-refractivity contribution is 0.0593. The number of rotatable bonds is 4. The fourth-order valence-corrected chi connectivity index (χ4v) is 6.52. The van der Waals surface area contributed by atoms with Gasteiger partial charge in [0.25, 0.3) is 0 Å². The fourth-order valence-electron chi connectivity index (χ4n) is 6.52. The first-order chi connectivity index (χ1) is 24.6. The Morgan fingerprint density at radius 3 is 1.58 bits per heavy atom. The van der Waals surface area contributed by atoms with E-state index in [9.17, 15) is 33.1 Å². The molecule has 0 saturated carbocycles. The van der Waals surface area contributed by atoms with Gasteiger partial charge in [0.15, 0.2) is 23.0 Å². The summed E-state index contributed by atoms with van der Waals surface area (Å²) >= 11 is 0. The Kier molecular flexibility index (Phi) is 11.5. The highest BCUT2D eigenvalue weighted by atomic mass is 32.1. The molecule has 4 amide bonds. The third-order valence-corrected chi connectivity index (χ3v) is 8.88. The summed E-state index contributed by atoms with van der Waals surface area (Å²) in [6.07, 6.45) is 3.58. The Bertz CT molecular complexity index is 2030. The van der Waals surface area contributed by atoms with E-state index < -0.39 is 35.6 Å². The summed E-state index contributed by atoms with van der Waals surface area (Å²) in [5, 5.41) is 14.5. The number of carbonyl (C=O) groups excluding carboxylic acids is 3. The summed E-state index contributed by atoms with van der Waals surface area (Å²) in [7, 11) is 1.28. The molecule has 0 aromatic carbocycles. The van der Waals surface area contributed by atoms with Gasteiger partial charge in [-0.1, -0.05) is 0 Å². The number of anilines is 6. The molecular formula is C33H34F2N10O6S2. The molecule has 0 radical (unpaired) electrons. The number of nitrogens with zero attached hydrogens (tertiary/aromatic N) is 8. The molecule has 2 fully saturated rings. The number of aromatic carboxylic acids is 1. The third kappa shape index (κ3) is 7.72. The Morgan fingerprint density at radius 2 is 1.17 bits per heavy atom. The van der Waals surface area contributed by atoms with E-state index in [-0.39, 0.29) is 62.1 Å². The predicted molar refractivity (Wildman–Crippen MR) is 200 cm³/mol. The van der Waals surface area contributed by atoms with E-state index in [4.69, 9.17) is 4.74 Å². The second kappa shape index (κ2) is 15.9. The first-order valence-electron chi connectivity index (χ1n) is 15.9. The van der Waals surface area contributed by atoms with Crippen molar-refractivity contribution in [2.75, 3.05) is 63.5 Å². The summed E-state index contributed by atoms with van der Waals surface area (Å²) in [5.41, 5.74) is 1.51. The molecular weight excluding hydrogens is 735 g/mol. The molecule has 4 bridgehead atoms. The van der Waals surface area contributed by atoms with Gasteiger partial charge in [0.2, 0.25) is 0 Å². The van der Waals surface area contributed by atoms with Crippen molar-refractivity contribution >= 4 is 85.6 Å². The average Bonchev–Trinajstić information content (AvgIpc) is 3.75. The number of carboxylic acid groups (broad SMARTS) is 1. The first-order valence-corrected chi connectivity index (χ1v) is 15.9. The molecule has 8 rings (SSSR count). The van der Waals surface area contributed by atoms with Crippen molar-refractivity contribution in [3.63, 3.8) is 0 Å². The number of halogens is 2. The average molecular weight is 769 g/mol. The summed E-state index contributed by atoms with van der Waals surface area (Å²) in [4.78, 5) is 72.1. The predicted octanol–water partition coefficient (Wildman–Crippen LogP) is 4.20. The van der Waals surface area contributed by atoms with Gasteiger partial charge in [-0.15, -0.1) is 0 Å². The number of fused-ring (bicyclic) bond motifs is 8. The molecule has 2 saturated heterocycles. The largest absolute Gasteiger partial charge is 0.477 e. The number of amides is 4. The number of methoxy groups -OCH3 is 1. The SMILES string of the molecule is COC(=O)c1ccc2c(n1)N(C(=O)Nc1ccc(F)cn1)[C@H]1CCN2C1.O=C(O)c1ccc2c(n1)N(C(=O)Nc1ccc(F)cn1)[C@H]1CCN2C1.S.S. The number of nitrogens with one attached hydrogen (secondary N) is 2. The van der Waals surface area contributed by atoms with Crippen molar-refractivity contribution in [2.24, 2.45) is 0 Å². The Hall–Kier alpha value is -5.76. The number of carbonyl (C=O) groups is 4. The molecule has 4 aliphatic rings. The summed E-state index contributed by atoms with van der Waals surface area (Å²) < 4.78 is 30.7. The van der Waals surface area contributed by atoms with Crippen LogP contribution in [0, 0.1) is 11.6 Å². The second-order valence-electron chi connectivity index (χ2n) is 12.0. The zero-order valence-electron chi connectivity index (χ0n) is 28.0. The number of aromatic nitrogens is 4. The maximum absolute atomic E-state index is 13.0. The molecule has 16 nitrogen and oxygen atoms in total. The van der Waals surface area contributed by atoms with E-state index in [1.807, 2.05) is 0 Å². The molecule has 278 valence electrons. The van der Waals surface area contributed by atoms with Gasteiger partial charge >= 0.3 is 24.0 Å². The monoisotopic (exact) mass is 768 g/mol. The molecule has 2 atom stereocenters. The Labute approximate surface area is 315 Å². The van der Waals surface area contributed by atoms with Crippen molar-refractivity contribution in [3.05, 3.63) is 83.9 Å². The summed E-state index contributed by atoms with van der Waals surface area (Å²) in [5.74, 6) is -1.54. The molecule has 4 aromatic rings. The van der Waals surface area contributed by atoms with Gasteiger partial charge < -0.3 is 19.6 Å². The van der Waals surface area contributed by atoms with Gasteiger partial charge in [-0.25, -0.2) is 47.9 Å². The van der Waals surface area contributed by atoms with Crippen LogP contribution in [0.5, 0.6) is 0 Å². The zero-order chi connectivity index (χ0) is 35.8. The molecule has 0 unspecified atom stereocenters. The van der Waals surface area contributed by atoms with E-state index in [1.165, 1.54) is 47.2 Å². The Morgan fingerprint density at radius 1 is 0.717 bits per heavy atom. The van der Waals surface area contributed by atoms with Crippen molar-refractivity contribution in [1.29, 1.82) is 0 Å². The topological polar surface area (TPSA) is 186 Å². The van der Waals surface area contributed by atoms with Gasteiger partial charge in [0.1, 0.15) is 23.3 Å². The van der Waals surface area contributed by atoms with E-state index >= 15 is 0 Å². The van der Waals surface area contributed by atoms with Gasteiger partial charge in [-0.3, -0.25) is 20.4 Å². The lowest BCUT2D eigenvalue weighted by atomic mass is 10.2. The zero-order valence-corrected chi connectivity index (χ0v) is 30.0. The summed E-state index contributed by atoms with van der Waals surface area (Å²) in [6.45, 7) is 2.92. The van der Waals surface area contributed by atoms with Crippen LogP contribution in [0.25, 0.3) is 0 Å². The molecule has 0 aliphatic carbocycles. The van der Waals surface area contributed by atoms with Gasteiger partial charge in [0, 0.05) is 26.2 Å². The van der Waals surface area contributed by atoms with Crippen molar-refractivity contribution in [2.45, 2.75) is 24.9 Å². The number of ether oxygens (including phenoxy) is 1. The quantitative estimate of drug-likeness (QED) is 0.252. The molecule has 3 N–H and O–H groups in total. The normalized spacial score (nSPS) is 17.2. The van der Waals surface area contributed by atoms with Gasteiger partial charge in [-0.05, 0) is 61.4 Å². The number of hydrogen-bond donors (Lipinski definition) is 3. The number of esters is 1. The van der Waals surface area contributed by atoms with Gasteiger partial charge in [0.05, 0.1) is 43.0 Å². The minimum absolute atomic E-state index is 0.